The molecule has 25 heavy (non-hydrogen) atoms. The number of cyclic esters (lactones) is 1. The van der Waals surface area contributed by atoms with Crippen LogP contribution in [0.25, 0.3) is 0 Å². The first-order valence-electron chi connectivity index (χ1n) is 8.27. The molecule has 1 unspecified atom stereocenters. The van der Waals surface area contributed by atoms with Gasteiger partial charge in [-0.15, -0.1) is 0 Å². The van der Waals surface area contributed by atoms with Crippen LogP contribution in [0.15, 0.2) is 18.2 Å². The highest BCUT2D eigenvalue weighted by atomic mass is 19.1. The van der Waals surface area contributed by atoms with Gasteiger partial charge in [-0.05, 0) is 18.2 Å². The van der Waals surface area contributed by atoms with Crippen LogP contribution in [-0.2, 0) is 9.53 Å². The van der Waals surface area contributed by atoms with Crippen molar-refractivity contribution in [2.45, 2.75) is 13.0 Å². The maximum atomic E-state index is 14.6. The Labute approximate surface area is 145 Å². The first-order chi connectivity index (χ1) is 12.0. The molecular formula is C16H22FN5O3. The van der Waals surface area contributed by atoms with Gasteiger partial charge in [0.15, 0.2) is 0 Å². The Kier molecular flexibility index (Phi) is 5.34. The second kappa shape index (κ2) is 7.66. The second-order valence-electron chi connectivity index (χ2n) is 6.03. The predicted molar refractivity (Wildman–Crippen MR) is 90.9 cm³/mol. The van der Waals surface area contributed by atoms with Gasteiger partial charge in [0.05, 0.1) is 24.5 Å². The van der Waals surface area contributed by atoms with Crippen LogP contribution in [0.5, 0.6) is 0 Å². The Morgan fingerprint density at radius 3 is 2.72 bits per heavy atom. The molecule has 0 aromatic heterocycles. The van der Waals surface area contributed by atoms with Gasteiger partial charge in [-0.3, -0.25) is 20.5 Å². The van der Waals surface area contributed by atoms with Crippen LogP contribution in [0.1, 0.15) is 6.92 Å². The van der Waals surface area contributed by atoms with Gasteiger partial charge >= 0.3 is 6.09 Å². The van der Waals surface area contributed by atoms with E-state index in [1.807, 2.05) is 4.90 Å². The van der Waals surface area contributed by atoms with Crippen molar-refractivity contribution < 1.29 is 18.7 Å². The average Bonchev–Trinajstić information content (AvgIpc) is 2.78. The molecular weight excluding hydrogens is 329 g/mol. The topological polar surface area (TPSA) is 85.9 Å². The summed E-state index contributed by atoms with van der Waals surface area (Å²) in [6, 6.07) is 4.75. The molecule has 0 spiro atoms. The average molecular weight is 351 g/mol. The molecule has 9 heteroatoms. The minimum absolute atomic E-state index is 0.189. The fourth-order valence-electron chi connectivity index (χ4n) is 2.93. The number of benzene rings is 1. The molecule has 2 aliphatic rings. The molecule has 2 amide bonds. The van der Waals surface area contributed by atoms with Crippen LogP contribution < -0.4 is 26.0 Å². The summed E-state index contributed by atoms with van der Waals surface area (Å²) in [6.07, 6.45) is -0.979. The summed E-state index contributed by atoms with van der Waals surface area (Å²) in [5.41, 5.74) is 7.04. The molecule has 2 aliphatic heterocycles. The van der Waals surface area contributed by atoms with Crippen LogP contribution in [0.2, 0.25) is 0 Å². The molecule has 2 fully saturated rings. The van der Waals surface area contributed by atoms with E-state index < -0.39 is 12.2 Å². The van der Waals surface area contributed by atoms with Crippen molar-refractivity contribution >= 4 is 23.4 Å². The highest BCUT2D eigenvalue weighted by Crippen LogP contribution is 2.27. The smallest absolute Gasteiger partial charge is 0.414 e. The molecule has 0 radical (unpaired) electrons. The van der Waals surface area contributed by atoms with Gasteiger partial charge in [-0.25, -0.2) is 9.18 Å². The van der Waals surface area contributed by atoms with E-state index in [9.17, 15) is 14.0 Å². The van der Waals surface area contributed by atoms with Crippen LogP contribution in [0.4, 0.5) is 20.6 Å². The minimum atomic E-state index is -0.536. The first kappa shape index (κ1) is 17.4. The maximum Gasteiger partial charge on any atom is 0.414 e. The minimum Gasteiger partial charge on any atom is -0.442 e. The van der Waals surface area contributed by atoms with E-state index >= 15 is 0 Å². The molecule has 1 aromatic rings. The first-order valence-corrected chi connectivity index (χ1v) is 8.27. The SMILES string of the molecule is CC(=O)NCC1CN(c2ccc(N3CCNNCC3)c(F)c2)C(=O)O1. The summed E-state index contributed by atoms with van der Waals surface area (Å²) < 4.78 is 19.8. The number of carbonyl (C=O) groups excluding carboxylic acids is 2. The van der Waals surface area contributed by atoms with Crippen LogP contribution in [0, 0.1) is 5.82 Å². The Hall–Kier alpha value is -2.39. The number of hydrogen-bond acceptors (Lipinski definition) is 6. The molecule has 136 valence electrons. The van der Waals surface area contributed by atoms with E-state index in [0.29, 0.717) is 37.6 Å². The summed E-state index contributed by atoms with van der Waals surface area (Å²) >= 11 is 0. The molecule has 8 nitrogen and oxygen atoms in total. The summed E-state index contributed by atoms with van der Waals surface area (Å²) in [6.45, 7) is 4.72. The van der Waals surface area contributed by atoms with Crippen molar-refractivity contribution in [2.24, 2.45) is 0 Å². The Morgan fingerprint density at radius 1 is 1.36 bits per heavy atom. The van der Waals surface area contributed by atoms with Gasteiger partial charge in [-0.2, -0.15) is 0 Å². The number of nitrogens with one attached hydrogen (secondary N) is 3. The molecule has 3 rings (SSSR count). The monoisotopic (exact) mass is 351 g/mol. The van der Waals surface area contributed by atoms with Crippen molar-refractivity contribution in [1.29, 1.82) is 0 Å². The molecule has 0 aliphatic carbocycles. The molecule has 1 aromatic carbocycles. The zero-order valence-electron chi connectivity index (χ0n) is 14.0. The highest BCUT2D eigenvalue weighted by molar-refractivity contribution is 5.90. The van der Waals surface area contributed by atoms with Gasteiger partial charge in [0.2, 0.25) is 5.91 Å². The molecule has 0 saturated carbocycles. The second-order valence-corrected chi connectivity index (χ2v) is 6.03. The van der Waals surface area contributed by atoms with Crippen molar-refractivity contribution in [2.75, 3.05) is 49.1 Å². The number of anilines is 2. The summed E-state index contributed by atoms with van der Waals surface area (Å²) in [5, 5.41) is 2.61. The third-order valence-electron chi connectivity index (χ3n) is 4.17. The quantitative estimate of drug-likeness (QED) is 0.719. The van der Waals surface area contributed by atoms with Gasteiger partial charge in [0, 0.05) is 33.1 Å². The standard InChI is InChI=1S/C16H22FN5O3/c1-11(23)18-9-13-10-22(16(24)25-13)12-2-3-15(14(17)8-12)21-6-4-19-20-5-7-21/h2-3,8,13,19-20H,4-7,9-10H2,1H3,(H,18,23). The van der Waals surface area contributed by atoms with Gasteiger partial charge in [0.25, 0.3) is 0 Å². The number of carbonyl (C=O) groups is 2. The van der Waals surface area contributed by atoms with E-state index in [4.69, 9.17) is 4.74 Å². The Balaban J connectivity index is 1.69. The number of hydrazine groups is 1. The largest absolute Gasteiger partial charge is 0.442 e. The lowest BCUT2D eigenvalue weighted by atomic mass is 10.2. The highest BCUT2D eigenvalue weighted by Gasteiger charge is 2.32. The molecule has 1 atom stereocenters. The van der Waals surface area contributed by atoms with E-state index in [1.54, 1.807) is 12.1 Å². The lowest BCUT2D eigenvalue weighted by molar-refractivity contribution is -0.119. The molecule has 2 heterocycles. The third kappa shape index (κ3) is 4.18. The summed E-state index contributed by atoms with van der Waals surface area (Å²) in [4.78, 5) is 26.3. The number of halogens is 1. The fourth-order valence-corrected chi connectivity index (χ4v) is 2.93. The van der Waals surface area contributed by atoms with Crippen molar-refractivity contribution in [1.82, 2.24) is 16.2 Å². The van der Waals surface area contributed by atoms with Crippen molar-refractivity contribution in [3.05, 3.63) is 24.0 Å². The van der Waals surface area contributed by atoms with Crippen LogP contribution >= 0.6 is 0 Å². The zero-order chi connectivity index (χ0) is 17.8. The maximum absolute atomic E-state index is 14.6. The van der Waals surface area contributed by atoms with Gasteiger partial charge < -0.3 is 15.0 Å². The lowest BCUT2D eigenvalue weighted by Gasteiger charge is -2.23. The number of hydrogen-bond donors (Lipinski definition) is 3. The van der Waals surface area contributed by atoms with Gasteiger partial charge in [-0.1, -0.05) is 0 Å². The number of ether oxygens (including phenoxy) is 1. The summed E-state index contributed by atoms with van der Waals surface area (Å²) in [5.74, 6) is -0.566. The van der Waals surface area contributed by atoms with Crippen molar-refractivity contribution in [3.8, 4) is 0 Å². The number of amides is 2. The number of rotatable bonds is 4. The van der Waals surface area contributed by atoms with Crippen molar-refractivity contribution in [3.63, 3.8) is 0 Å². The Morgan fingerprint density at radius 2 is 2.08 bits per heavy atom. The molecule has 0 bridgehead atoms. The van der Waals surface area contributed by atoms with E-state index in [-0.39, 0.29) is 24.8 Å². The molecule has 2 saturated heterocycles. The van der Waals surface area contributed by atoms with E-state index in [1.165, 1.54) is 17.9 Å². The predicted octanol–water partition coefficient (Wildman–Crippen LogP) is 0.201. The third-order valence-corrected chi connectivity index (χ3v) is 4.17. The number of nitrogens with zero attached hydrogens (tertiary/aromatic N) is 2. The van der Waals surface area contributed by atoms with Gasteiger partial charge in [0.1, 0.15) is 11.9 Å². The zero-order valence-corrected chi connectivity index (χ0v) is 14.0. The molecule has 3 N–H and O–H groups in total. The lowest BCUT2D eigenvalue weighted by Crippen LogP contribution is -2.33. The van der Waals surface area contributed by atoms with Crippen LogP contribution in [-0.4, -0.2) is 57.4 Å². The fraction of sp³-hybridized carbons (Fsp3) is 0.500. The van der Waals surface area contributed by atoms with E-state index in [2.05, 4.69) is 16.2 Å². The van der Waals surface area contributed by atoms with Crippen LogP contribution in [0.3, 0.4) is 0 Å². The summed E-state index contributed by atoms with van der Waals surface area (Å²) in [7, 11) is 0. The Bertz CT molecular complexity index is 649. The van der Waals surface area contributed by atoms with E-state index in [0.717, 1.165) is 0 Å². The normalized spacial score (nSPS) is 21.0.